The van der Waals surface area contributed by atoms with Gasteiger partial charge in [0.1, 0.15) is 0 Å². The molecule has 0 saturated heterocycles. The molecular formula is C12H11N3O2S. The van der Waals surface area contributed by atoms with Crippen molar-refractivity contribution < 1.29 is 8.42 Å². The number of nitrogens with zero attached hydrogens (tertiary/aromatic N) is 3. The van der Waals surface area contributed by atoms with E-state index in [-0.39, 0.29) is 5.16 Å². The van der Waals surface area contributed by atoms with Crippen LogP contribution in [0.4, 0.5) is 0 Å². The van der Waals surface area contributed by atoms with Crippen LogP contribution in [0.3, 0.4) is 0 Å². The molecule has 0 atom stereocenters. The van der Waals surface area contributed by atoms with Gasteiger partial charge < -0.3 is 4.57 Å². The van der Waals surface area contributed by atoms with Gasteiger partial charge in [0.25, 0.3) is 0 Å². The van der Waals surface area contributed by atoms with Gasteiger partial charge >= 0.3 is 0 Å². The molecule has 0 spiro atoms. The Balaban J connectivity index is 2.42. The van der Waals surface area contributed by atoms with Crippen LogP contribution >= 0.6 is 0 Å². The van der Waals surface area contributed by atoms with Crippen LogP contribution in [0.15, 0.2) is 41.8 Å². The molecule has 2 rings (SSSR count). The van der Waals surface area contributed by atoms with Crippen molar-refractivity contribution in [3.63, 3.8) is 0 Å². The standard InChI is InChI=1S/C12H11N3O2S/c1-18(16,17)12-14-6-7-15(12)9-11-5-3-2-4-10(11)8-13/h2-7H,9H2,1H3. The third-order valence-corrected chi connectivity index (χ3v) is 3.49. The molecule has 0 saturated carbocycles. The monoisotopic (exact) mass is 261 g/mol. The minimum absolute atomic E-state index is 0.00948. The molecule has 2 aromatic rings. The second-order valence-corrected chi connectivity index (χ2v) is 5.79. The molecule has 0 N–H and O–H groups in total. The molecular weight excluding hydrogens is 250 g/mol. The zero-order chi connectivity index (χ0) is 13.2. The molecule has 6 heteroatoms. The van der Waals surface area contributed by atoms with Crippen molar-refractivity contribution in [3.8, 4) is 6.07 Å². The van der Waals surface area contributed by atoms with Gasteiger partial charge in [-0.3, -0.25) is 0 Å². The van der Waals surface area contributed by atoms with Crippen molar-refractivity contribution in [1.82, 2.24) is 9.55 Å². The van der Waals surface area contributed by atoms with Crippen LogP contribution in [0.5, 0.6) is 0 Å². The van der Waals surface area contributed by atoms with Gasteiger partial charge in [0.2, 0.25) is 15.0 Å². The van der Waals surface area contributed by atoms with E-state index in [1.807, 2.05) is 6.07 Å². The Morgan fingerprint density at radius 2 is 2.11 bits per heavy atom. The van der Waals surface area contributed by atoms with Gasteiger partial charge in [-0.15, -0.1) is 0 Å². The third kappa shape index (κ3) is 2.41. The van der Waals surface area contributed by atoms with E-state index >= 15 is 0 Å². The summed E-state index contributed by atoms with van der Waals surface area (Å²) in [5.41, 5.74) is 1.30. The Labute approximate surface area is 105 Å². The van der Waals surface area contributed by atoms with Gasteiger partial charge in [-0.1, -0.05) is 18.2 Å². The smallest absolute Gasteiger partial charge is 0.227 e. The van der Waals surface area contributed by atoms with E-state index in [0.29, 0.717) is 12.1 Å². The molecule has 0 aliphatic heterocycles. The number of rotatable bonds is 3. The number of imidazole rings is 1. The molecule has 0 amide bonds. The van der Waals surface area contributed by atoms with E-state index in [9.17, 15) is 8.42 Å². The first kappa shape index (κ1) is 12.3. The average molecular weight is 261 g/mol. The molecule has 1 aromatic carbocycles. The first-order valence-corrected chi connectivity index (χ1v) is 7.10. The summed E-state index contributed by atoms with van der Waals surface area (Å²) in [7, 11) is -3.36. The van der Waals surface area contributed by atoms with Crippen molar-refractivity contribution in [1.29, 1.82) is 5.26 Å². The Morgan fingerprint density at radius 3 is 2.78 bits per heavy atom. The van der Waals surface area contributed by atoms with Gasteiger partial charge in [0.15, 0.2) is 0 Å². The molecule has 0 radical (unpaired) electrons. The molecule has 0 bridgehead atoms. The topological polar surface area (TPSA) is 75.8 Å². The fourth-order valence-corrected chi connectivity index (χ4v) is 2.50. The van der Waals surface area contributed by atoms with Gasteiger partial charge in [0.05, 0.1) is 18.2 Å². The number of hydrogen-bond acceptors (Lipinski definition) is 4. The lowest BCUT2D eigenvalue weighted by molar-refractivity contribution is 0.578. The highest BCUT2D eigenvalue weighted by molar-refractivity contribution is 7.90. The summed E-state index contributed by atoms with van der Waals surface area (Å²) in [6.45, 7) is 0.312. The third-order valence-electron chi connectivity index (χ3n) is 2.49. The predicted octanol–water partition coefficient (Wildman–Crippen LogP) is 1.21. The summed E-state index contributed by atoms with van der Waals surface area (Å²) in [6, 6.07) is 9.16. The Kier molecular flexibility index (Phi) is 3.17. The zero-order valence-corrected chi connectivity index (χ0v) is 10.6. The maximum Gasteiger partial charge on any atom is 0.227 e. The fourth-order valence-electron chi connectivity index (χ4n) is 1.70. The minimum Gasteiger partial charge on any atom is -0.317 e. The van der Waals surface area contributed by atoms with Crippen molar-refractivity contribution in [2.45, 2.75) is 11.7 Å². The molecule has 0 fully saturated rings. The minimum atomic E-state index is -3.36. The lowest BCUT2D eigenvalue weighted by Crippen LogP contribution is -2.10. The molecule has 0 unspecified atom stereocenters. The van der Waals surface area contributed by atoms with Crippen LogP contribution in [-0.4, -0.2) is 24.2 Å². The number of benzene rings is 1. The van der Waals surface area contributed by atoms with Gasteiger partial charge in [-0.25, -0.2) is 13.4 Å². The second-order valence-electron chi connectivity index (χ2n) is 3.88. The van der Waals surface area contributed by atoms with E-state index in [4.69, 9.17) is 5.26 Å². The SMILES string of the molecule is CS(=O)(=O)c1nccn1Cc1ccccc1C#N. The number of sulfone groups is 1. The van der Waals surface area contributed by atoms with Crippen LogP contribution in [0.25, 0.3) is 0 Å². The van der Waals surface area contributed by atoms with Gasteiger partial charge in [0, 0.05) is 18.6 Å². The highest BCUT2D eigenvalue weighted by atomic mass is 32.2. The zero-order valence-electron chi connectivity index (χ0n) is 9.74. The van der Waals surface area contributed by atoms with Crippen LogP contribution in [0.1, 0.15) is 11.1 Å². The summed E-state index contributed by atoms with van der Waals surface area (Å²) in [4.78, 5) is 3.83. The van der Waals surface area contributed by atoms with E-state index in [0.717, 1.165) is 11.8 Å². The summed E-state index contributed by atoms with van der Waals surface area (Å²) in [5.74, 6) is 0. The molecule has 92 valence electrons. The summed E-state index contributed by atoms with van der Waals surface area (Å²) in [5, 5.41) is 8.99. The molecule has 5 nitrogen and oxygen atoms in total. The molecule has 1 aromatic heterocycles. The Morgan fingerprint density at radius 1 is 1.39 bits per heavy atom. The van der Waals surface area contributed by atoms with Gasteiger partial charge in [-0.05, 0) is 11.6 Å². The second kappa shape index (κ2) is 4.63. The lowest BCUT2D eigenvalue weighted by Gasteiger charge is -2.07. The quantitative estimate of drug-likeness (QED) is 0.832. The number of nitriles is 1. The van der Waals surface area contributed by atoms with E-state index in [2.05, 4.69) is 11.1 Å². The van der Waals surface area contributed by atoms with E-state index in [1.54, 1.807) is 24.4 Å². The summed E-state index contributed by atoms with van der Waals surface area (Å²) in [6.07, 6.45) is 4.14. The number of hydrogen-bond donors (Lipinski definition) is 0. The Bertz CT molecular complexity index is 711. The summed E-state index contributed by atoms with van der Waals surface area (Å²) < 4.78 is 24.5. The average Bonchev–Trinajstić information content (AvgIpc) is 2.78. The van der Waals surface area contributed by atoms with Crippen molar-refractivity contribution >= 4 is 9.84 Å². The number of aromatic nitrogens is 2. The maximum atomic E-state index is 11.5. The van der Waals surface area contributed by atoms with Crippen LogP contribution in [0.2, 0.25) is 0 Å². The van der Waals surface area contributed by atoms with Gasteiger partial charge in [-0.2, -0.15) is 5.26 Å². The van der Waals surface area contributed by atoms with Crippen LogP contribution in [-0.2, 0) is 16.4 Å². The van der Waals surface area contributed by atoms with Crippen molar-refractivity contribution in [2.75, 3.05) is 6.26 Å². The highest BCUT2D eigenvalue weighted by Crippen LogP contribution is 2.13. The fraction of sp³-hybridized carbons (Fsp3) is 0.167. The summed E-state index contributed by atoms with van der Waals surface area (Å²) >= 11 is 0. The maximum absolute atomic E-state index is 11.5. The normalized spacial score (nSPS) is 11.1. The van der Waals surface area contributed by atoms with Crippen molar-refractivity contribution in [3.05, 3.63) is 47.8 Å². The van der Waals surface area contributed by atoms with Crippen LogP contribution in [0, 0.1) is 11.3 Å². The highest BCUT2D eigenvalue weighted by Gasteiger charge is 2.15. The largest absolute Gasteiger partial charge is 0.317 e. The first-order valence-electron chi connectivity index (χ1n) is 5.21. The lowest BCUT2D eigenvalue weighted by atomic mass is 10.1. The molecule has 0 aliphatic rings. The predicted molar refractivity (Wildman–Crippen MR) is 65.6 cm³/mol. The Hall–Kier alpha value is -2.13. The molecule has 0 aliphatic carbocycles. The molecule has 18 heavy (non-hydrogen) atoms. The van der Waals surface area contributed by atoms with E-state index in [1.165, 1.54) is 10.8 Å². The van der Waals surface area contributed by atoms with E-state index < -0.39 is 9.84 Å². The first-order chi connectivity index (χ1) is 8.52. The van der Waals surface area contributed by atoms with Crippen molar-refractivity contribution in [2.24, 2.45) is 0 Å². The van der Waals surface area contributed by atoms with Crippen LogP contribution < -0.4 is 0 Å². The molecule has 1 heterocycles.